The van der Waals surface area contributed by atoms with Crippen LogP contribution in [0.4, 0.5) is 5.95 Å². The Morgan fingerprint density at radius 3 is 2.76 bits per heavy atom. The Morgan fingerprint density at radius 2 is 1.94 bits per heavy atom. The fraction of sp³-hybridized carbons (Fsp3) is 0.269. The van der Waals surface area contributed by atoms with Gasteiger partial charge in [-0.15, -0.1) is 10.2 Å². The lowest BCUT2D eigenvalue weighted by Gasteiger charge is -2.40. The molecule has 1 saturated heterocycles. The van der Waals surface area contributed by atoms with E-state index in [2.05, 4.69) is 39.1 Å². The lowest BCUT2D eigenvalue weighted by atomic mass is 10.1. The van der Waals surface area contributed by atoms with Gasteiger partial charge in [0.25, 0.3) is 0 Å². The number of piperazine rings is 1. The van der Waals surface area contributed by atoms with Crippen LogP contribution >= 0.6 is 0 Å². The fourth-order valence-electron chi connectivity index (χ4n) is 4.76. The van der Waals surface area contributed by atoms with Crippen molar-refractivity contribution >= 4 is 22.5 Å². The predicted octanol–water partition coefficient (Wildman–Crippen LogP) is 4.26. The second-order valence-corrected chi connectivity index (χ2v) is 8.71. The van der Waals surface area contributed by atoms with Crippen LogP contribution in [0.1, 0.15) is 12.5 Å². The summed E-state index contributed by atoms with van der Waals surface area (Å²) in [6, 6.07) is 20.5. The Morgan fingerprint density at radius 1 is 1.03 bits per heavy atom. The molecule has 0 radical (unpaired) electrons. The molecule has 1 aliphatic heterocycles. The maximum absolute atomic E-state index is 5.68. The molecule has 0 saturated carbocycles. The average molecular weight is 455 g/mol. The number of hydrogen-bond donors (Lipinski definition) is 0. The summed E-state index contributed by atoms with van der Waals surface area (Å²) in [6.45, 7) is 5.78. The van der Waals surface area contributed by atoms with Crippen molar-refractivity contribution in [3.05, 3.63) is 72.5 Å². The van der Waals surface area contributed by atoms with Crippen molar-refractivity contribution in [3.8, 4) is 17.3 Å². The monoisotopic (exact) mass is 454 g/mol. The maximum atomic E-state index is 5.68. The normalized spacial score (nSPS) is 17.0. The molecule has 3 aromatic heterocycles. The molecule has 6 rings (SSSR count). The van der Waals surface area contributed by atoms with Crippen molar-refractivity contribution in [3.63, 3.8) is 0 Å². The Hall–Kier alpha value is -3.91. The van der Waals surface area contributed by atoms with E-state index >= 15 is 0 Å². The molecule has 8 nitrogen and oxygen atoms in total. The van der Waals surface area contributed by atoms with E-state index in [4.69, 9.17) is 14.1 Å². The van der Waals surface area contributed by atoms with Gasteiger partial charge in [0, 0.05) is 37.6 Å². The van der Waals surface area contributed by atoms with Crippen molar-refractivity contribution in [2.45, 2.75) is 19.5 Å². The Balaban J connectivity index is 1.35. The molecule has 5 aromatic rings. The smallest absolute Gasteiger partial charge is 0.213 e. The number of methoxy groups -OCH3 is 1. The fourth-order valence-corrected chi connectivity index (χ4v) is 4.76. The Labute approximate surface area is 197 Å². The first-order valence-corrected chi connectivity index (χ1v) is 11.5. The molecule has 1 aliphatic rings. The van der Waals surface area contributed by atoms with E-state index in [1.165, 1.54) is 5.56 Å². The maximum Gasteiger partial charge on any atom is 0.213 e. The van der Waals surface area contributed by atoms with E-state index < -0.39 is 0 Å². The van der Waals surface area contributed by atoms with Gasteiger partial charge in [0.1, 0.15) is 5.75 Å². The molecule has 4 heterocycles. The summed E-state index contributed by atoms with van der Waals surface area (Å²) in [5, 5.41) is 9.98. The molecule has 34 heavy (non-hydrogen) atoms. The van der Waals surface area contributed by atoms with Crippen LogP contribution in [-0.4, -0.2) is 57.3 Å². The summed E-state index contributed by atoms with van der Waals surface area (Å²) in [5.74, 6) is 3.08. The topological polar surface area (TPSA) is 71.9 Å². The number of para-hydroxylation sites is 1. The van der Waals surface area contributed by atoms with Gasteiger partial charge in [0.2, 0.25) is 11.8 Å². The SMILES string of the molecule is COc1cccc(CN2CCN(c3nc4ccccc4c4nnc(-c5ccco5)n34)C[C@@H]2C)c1. The molecule has 172 valence electrons. The van der Waals surface area contributed by atoms with E-state index in [9.17, 15) is 0 Å². The quantitative estimate of drug-likeness (QED) is 0.393. The number of fused-ring (bicyclic) bond motifs is 3. The number of ether oxygens (including phenoxy) is 1. The van der Waals surface area contributed by atoms with Crippen molar-refractivity contribution in [1.29, 1.82) is 0 Å². The first-order chi connectivity index (χ1) is 16.7. The standard InChI is InChI=1S/C26H26N6O2/c1-18-16-31(13-12-30(18)17-19-7-5-8-20(15-19)33-2)26-27-22-10-4-3-9-21(22)24-28-29-25(32(24)26)23-11-6-14-34-23/h3-11,14-15,18H,12-13,16-17H2,1-2H3/t18-/m0/s1. The summed E-state index contributed by atoms with van der Waals surface area (Å²) in [5.41, 5.74) is 2.96. The van der Waals surface area contributed by atoms with Crippen LogP contribution in [0.5, 0.6) is 5.75 Å². The number of aromatic nitrogens is 4. The van der Waals surface area contributed by atoms with Crippen molar-refractivity contribution in [2.24, 2.45) is 0 Å². The molecular weight excluding hydrogens is 428 g/mol. The van der Waals surface area contributed by atoms with Gasteiger partial charge in [-0.25, -0.2) is 9.38 Å². The summed E-state index contributed by atoms with van der Waals surface area (Å²) < 4.78 is 13.1. The molecule has 1 fully saturated rings. The van der Waals surface area contributed by atoms with E-state index in [1.54, 1.807) is 13.4 Å². The zero-order valence-corrected chi connectivity index (χ0v) is 19.3. The van der Waals surface area contributed by atoms with Gasteiger partial charge in [0.15, 0.2) is 11.4 Å². The number of hydrogen-bond acceptors (Lipinski definition) is 7. The Kier molecular flexibility index (Phi) is 5.15. The third kappa shape index (κ3) is 3.56. The molecule has 0 amide bonds. The van der Waals surface area contributed by atoms with Crippen molar-refractivity contribution in [2.75, 3.05) is 31.6 Å². The lowest BCUT2D eigenvalue weighted by Crippen LogP contribution is -2.52. The molecule has 2 aromatic carbocycles. The van der Waals surface area contributed by atoms with Crippen LogP contribution in [0.2, 0.25) is 0 Å². The van der Waals surface area contributed by atoms with Crippen molar-refractivity contribution in [1.82, 2.24) is 24.5 Å². The largest absolute Gasteiger partial charge is 0.497 e. The highest BCUT2D eigenvalue weighted by Crippen LogP contribution is 2.30. The average Bonchev–Trinajstić information content (AvgIpc) is 3.55. The van der Waals surface area contributed by atoms with E-state index in [-0.39, 0.29) is 0 Å². The highest BCUT2D eigenvalue weighted by atomic mass is 16.5. The van der Waals surface area contributed by atoms with Crippen LogP contribution < -0.4 is 9.64 Å². The highest BCUT2D eigenvalue weighted by molar-refractivity contribution is 5.93. The van der Waals surface area contributed by atoms with Crippen LogP contribution in [0, 0.1) is 0 Å². The van der Waals surface area contributed by atoms with Gasteiger partial charge in [0.05, 0.1) is 18.9 Å². The van der Waals surface area contributed by atoms with Gasteiger partial charge in [-0.3, -0.25) is 4.90 Å². The molecule has 1 atom stereocenters. The summed E-state index contributed by atoms with van der Waals surface area (Å²) in [6.07, 6.45) is 1.66. The molecule has 0 aliphatic carbocycles. The number of benzene rings is 2. The van der Waals surface area contributed by atoms with Crippen LogP contribution in [0.25, 0.3) is 28.1 Å². The van der Waals surface area contributed by atoms with E-state index in [0.717, 1.165) is 54.4 Å². The third-order valence-electron chi connectivity index (χ3n) is 6.54. The molecule has 0 N–H and O–H groups in total. The van der Waals surface area contributed by atoms with Gasteiger partial charge in [-0.1, -0.05) is 24.3 Å². The Bertz CT molecular complexity index is 1440. The zero-order valence-electron chi connectivity index (χ0n) is 19.3. The first kappa shape index (κ1) is 20.7. The number of rotatable bonds is 5. The summed E-state index contributed by atoms with van der Waals surface area (Å²) in [4.78, 5) is 9.91. The molecule has 0 unspecified atom stereocenters. The minimum Gasteiger partial charge on any atom is -0.497 e. The van der Waals surface area contributed by atoms with E-state index in [0.29, 0.717) is 17.6 Å². The van der Waals surface area contributed by atoms with Gasteiger partial charge in [-0.05, 0) is 48.9 Å². The highest BCUT2D eigenvalue weighted by Gasteiger charge is 2.28. The van der Waals surface area contributed by atoms with Gasteiger partial charge >= 0.3 is 0 Å². The molecule has 0 bridgehead atoms. The van der Waals surface area contributed by atoms with Crippen molar-refractivity contribution < 1.29 is 9.15 Å². The van der Waals surface area contributed by atoms with Crippen LogP contribution in [0.3, 0.4) is 0 Å². The van der Waals surface area contributed by atoms with Gasteiger partial charge < -0.3 is 14.1 Å². The number of nitrogens with zero attached hydrogens (tertiary/aromatic N) is 6. The zero-order chi connectivity index (χ0) is 23.1. The molecular formula is C26H26N6O2. The van der Waals surface area contributed by atoms with Gasteiger partial charge in [-0.2, -0.15) is 0 Å². The van der Waals surface area contributed by atoms with Crippen LogP contribution in [-0.2, 0) is 6.54 Å². The molecule has 0 spiro atoms. The van der Waals surface area contributed by atoms with Crippen LogP contribution in [0.15, 0.2) is 71.3 Å². The first-order valence-electron chi connectivity index (χ1n) is 11.5. The minimum absolute atomic E-state index is 0.340. The predicted molar refractivity (Wildman–Crippen MR) is 131 cm³/mol. The number of anilines is 1. The lowest BCUT2D eigenvalue weighted by molar-refractivity contribution is 0.180. The third-order valence-corrected chi connectivity index (χ3v) is 6.54. The second kappa shape index (κ2) is 8.46. The minimum atomic E-state index is 0.340. The number of furan rings is 1. The summed E-state index contributed by atoms with van der Waals surface area (Å²) >= 11 is 0. The van der Waals surface area contributed by atoms with E-state index in [1.807, 2.05) is 52.9 Å². The second-order valence-electron chi connectivity index (χ2n) is 8.71. The molecule has 8 heteroatoms. The summed E-state index contributed by atoms with van der Waals surface area (Å²) in [7, 11) is 1.71.